The molecule has 1 heterocycles. The Kier molecular flexibility index (Phi) is 6.18. The van der Waals surface area contributed by atoms with Gasteiger partial charge in [0.1, 0.15) is 0 Å². The van der Waals surface area contributed by atoms with E-state index in [0.717, 1.165) is 38.8 Å². The molecule has 1 N–H and O–H groups in total. The van der Waals surface area contributed by atoms with E-state index in [1.807, 2.05) is 11.8 Å². The van der Waals surface area contributed by atoms with Crippen molar-refractivity contribution in [1.82, 2.24) is 9.62 Å². The van der Waals surface area contributed by atoms with Crippen molar-refractivity contribution < 1.29 is 13.2 Å². The normalized spacial score (nSPS) is 16.5. The van der Waals surface area contributed by atoms with Gasteiger partial charge in [-0.15, -0.1) is 0 Å². The lowest BCUT2D eigenvalue weighted by molar-refractivity contribution is 0.0697. The molecule has 0 aromatic heterocycles. The first-order valence-corrected chi connectivity index (χ1v) is 9.81. The van der Waals surface area contributed by atoms with Crippen molar-refractivity contribution in [2.45, 2.75) is 44.4 Å². The molecule has 1 fully saturated rings. The van der Waals surface area contributed by atoms with Crippen LogP contribution in [0.4, 0.5) is 0 Å². The highest BCUT2D eigenvalue weighted by molar-refractivity contribution is 7.89. The smallest absolute Gasteiger partial charge is 0.253 e. The summed E-state index contributed by atoms with van der Waals surface area (Å²) in [5.41, 5.74) is 0.548. The SMILES string of the molecule is CCCCNS(=O)(=O)c1ccc(C(=O)N2CCC(C)CC2)cc1. The van der Waals surface area contributed by atoms with E-state index in [1.165, 1.54) is 12.1 Å². The van der Waals surface area contributed by atoms with E-state index in [-0.39, 0.29) is 10.8 Å². The second-order valence-electron chi connectivity index (χ2n) is 6.25. The molecule has 0 saturated carbocycles. The van der Waals surface area contributed by atoms with Gasteiger partial charge in [-0.05, 0) is 49.4 Å². The van der Waals surface area contributed by atoms with Crippen LogP contribution in [0.1, 0.15) is 49.9 Å². The first-order valence-electron chi connectivity index (χ1n) is 8.33. The van der Waals surface area contributed by atoms with E-state index < -0.39 is 10.0 Å². The fourth-order valence-electron chi connectivity index (χ4n) is 2.64. The Balaban J connectivity index is 2.02. The number of unbranched alkanes of at least 4 members (excludes halogenated alkanes) is 1. The van der Waals surface area contributed by atoms with Crippen molar-refractivity contribution in [2.24, 2.45) is 5.92 Å². The van der Waals surface area contributed by atoms with Crippen LogP contribution in [-0.4, -0.2) is 38.9 Å². The Bertz CT molecular complexity index is 618. The minimum absolute atomic E-state index is 0.0141. The summed E-state index contributed by atoms with van der Waals surface area (Å²) < 4.78 is 26.8. The van der Waals surface area contributed by atoms with Crippen molar-refractivity contribution in [3.63, 3.8) is 0 Å². The molecule has 0 atom stereocenters. The average molecular weight is 338 g/mol. The number of nitrogens with one attached hydrogen (secondary N) is 1. The summed E-state index contributed by atoms with van der Waals surface area (Å²) in [5, 5.41) is 0. The van der Waals surface area contributed by atoms with Crippen LogP contribution >= 0.6 is 0 Å². The molecule has 5 nitrogen and oxygen atoms in total. The molecule has 1 aliphatic rings. The molecule has 0 unspecified atom stereocenters. The molecule has 0 aliphatic carbocycles. The molecule has 1 aliphatic heterocycles. The lowest BCUT2D eigenvalue weighted by atomic mass is 9.98. The number of rotatable bonds is 6. The minimum atomic E-state index is -3.48. The van der Waals surface area contributed by atoms with Crippen molar-refractivity contribution in [2.75, 3.05) is 19.6 Å². The van der Waals surface area contributed by atoms with Gasteiger partial charge in [0, 0.05) is 25.2 Å². The summed E-state index contributed by atoms with van der Waals surface area (Å²) >= 11 is 0. The molecular weight excluding hydrogens is 312 g/mol. The van der Waals surface area contributed by atoms with Crippen LogP contribution in [-0.2, 0) is 10.0 Å². The number of benzene rings is 1. The van der Waals surface area contributed by atoms with Gasteiger partial charge >= 0.3 is 0 Å². The monoisotopic (exact) mass is 338 g/mol. The maximum absolute atomic E-state index is 12.4. The summed E-state index contributed by atoms with van der Waals surface area (Å²) in [6.45, 7) is 6.20. The number of sulfonamides is 1. The number of amides is 1. The van der Waals surface area contributed by atoms with E-state index in [4.69, 9.17) is 0 Å². The molecule has 2 rings (SSSR count). The van der Waals surface area contributed by atoms with Crippen LogP contribution in [0.15, 0.2) is 29.2 Å². The third-order valence-electron chi connectivity index (χ3n) is 4.30. The third kappa shape index (κ3) is 4.78. The zero-order chi connectivity index (χ0) is 16.9. The van der Waals surface area contributed by atoms with Crippen LogP contribution < -0.4 is 4.72 Å². The first-order chi connectivity index (χ1) is 10.9. The molecule has 6 heteroatoms. The Labute approximate surface area is 139 Å². The van der Waals surface area contributed by atoms with E-state index >= 15 is 0 Å². The molecule has 1 aromatic carbocycles. The molecule has 1 saturated heterocycles. The van der Waals surface area contributed by atoms with E-state index in [2.05, 4.69) is 11.6 Å². The first kappa shape index (κ1) is 17.9. The van der Waals surface area contributed by atoms with Crippen molar-refractivity contribution in [3.05, 3.63) is 29.8 Å². The standard InChI is InChI=1S/C17H26N2O3S/c1-3-4-11-18-23(21,22)16-7-5-15(6-8-16)17(20)19-12-9-14(2)10-13-19/h5-8,14,18H,3-4,9-13H2,1-2H3. The van der Waals surface area contributed by atoms with Crippen LogP contribution in [0.25, 0.3) is 0 Å². The highest BCUT2D eigenvalue weighted by Crippen LogP contribution is 2.19. The van der Waals surface area contributed by atoms with Gasteiger partial charge in [-0.3, -0.25) is 4.79 Å². The minimum Gasteiger partial charge on any atom is -0.339 e. The fourth-order valence-corrected chi connectivity index (χ4v) is 3.71. The number of carbonyl (C=O) groups excluding carboxylic acids is 1. The molecule has 0 bridgehead atoms. The number of hydrogen-bond donors (Lipinski definition) is 1. The number of likely N-dealkylation sites (tertiary alicyclic amines) is 1. The average Bonchev–Trinajstić information content (AvgIpc) is 2.55. The predicted molar refractivity (Wildman–Crippen MR) is 90.8 cm³/mol. The Morgan fingerprint density at radius 1 is 1.22 bits per heavy atom. The maximum Gasteiger partial charge on any atom is 0.253 e. The lowest BCUT2D eigenvalue weighted by Crippen LogP contribution is -2.37. The molecule has 128 valence electrons. The predicted octanol–water partition coefficient (Wildman–Crippen LogP) is 2.64. The number of nitrogens with zero attached hydrogens (tertiary/aromatic N) is 1. The van der Waals surface area contributed by atoms with Crippen LogP contribution in [0, 0.1) is 5.92 Å². The second-order valence-corrected chi connectivity index (χ2v) is 8.02. The van der Waals surface area contributed by atoms with Gasteiger partial charge in [0.2, 0.25) is 10.0 Å². The Morgan fingerprint density at radius 3 is 2.39 bits per heavy atom. The second kappa shape index (κ2) is 7.93. The van der Waals surface area contributed by atoms with Crippen molar-refractivity contribution >= 4 is 15.9 Å². The maximum atomic E-state index is 12.4. The summed E-state index contributed by atoms with van der Waals surface area (Å²) in [7, 11) is -3.48. The number of hydrogen-bond acceptors (Lipinski definition) is 3. The molecule has 0 radical (unpaired) electrons. The highest BCUT2D eigenvalue weighted by atomic mass is 32.2. The molecule has 1 amide bonds. The fraction of sp³-hybridized carbons (Fsp3) is 0.588. The quantitative estimate of drug-likeness (QED) is 0.811. The summed E-state index contributed by atoms with van der Waals surface area (Å²) in [5.74, 6) is 0.653. The van der Waals surface area contributed by atoms with Gasteiger partial charge in [0.05, 0.1) is 4.90 Å². The zero-order valence-electron chi connectivity index (χ0n) is 13.9. The van der Waals surface area contributed by atoms with Gasteiger partial charge in [-0.1, -0.05) is 20.3 Å². The van der Waals surface area contributed by atoms with Gasteiger partial charge in [-0.25, -0.2) is 13.1 Å². The summed E-state index contributed by atoms with van der Waals surface area (Å²) in [4.78, 5) is 14.5. The highest BCUT2D eigenvalue weighted by Gasteiger charge is 2.22. The van der Waals surface area contributed by atoms with Crippen LogP contribution in [0.5, 0.6) is 0 Å². The Hall–Kier alpha value is -1.40. The number of carbonyl (C=O) groups is 1. The van der Waals surface area contributed by atoms with E-state index in [1.54, 1.807) is 12.1 Å². The molecule has 23 heavy (non-hydrogen) atoms. The molecule has 1 aromatic rings. The van der Waals surface area contributed by atoms with E-state index in [0.29, 0.717) is 18.0 Å². The summed E-state index contributed by atoms with van der Waals surface area (Å²) in [6, 6.07) is 6.23. The van der Waals surface area contributed by atoms with Crippen molar-refractivity contribution in [3.8, 4) is 0 Å². The largest absolute Gasteiger partial charge is 0.339 e. The molecule has 0 spiro atoms. The molecular formula is C17H26N2O3S. The van der Waals surface area contributed by atoms with Gasteiger partial charge in [0.15, 0.2) is 0 Å². The third-order valence-corrected chi connectivity index (χ3v) is 5.78. The van der Waals surface area contributed by atoms with Crippen LogP contribution in [0.3, 0.4) is 0 Å². The van der Waals surface area contributed by atoms with Crippen molar-refractivity contribution in [1.29, 1.82) is 0 Å². The van der Waals surface area contributed by atoms with E-state index in [9.17, 15) is 13.2 Å². The van der Waals surface area contributed by atoms with Gasteiger partial charge in [-0.2, -0.15) is 0 Å². The number of piperidine rings is 1. The van der Waals surface area contributed by atoms with Gasteiger partial charge < -0.3 is 4.90 Å². The summed E-state index contributed by atoms with van der Waals surface area (Å²) in [6.07, 6.45) is 3.80. The van der Waals surface area contributed by atoms with Gasteiger partial charge in [0.25, 0.3) is 5.91 Å². The Morgan fingerprint density at radius 2 is 1.83 bits per heavy atom. The topological polar surface area (TPSA) is 66.5 Å². The van der Waals surface area contributed by atoms with Crippen LogP contribution in [0.2, 0.25) is 0 Å². The lowest BCUT2D eigenvalue weighted by Gasteiger charge is -2.30. The zero-order valence-corrected chi connectivity index (χ0v) is 14.7.